The number of rotatable bonds is 7. The Labute approximate surface area is 246 Å². The molecule has 0 saturated carbocycles. The van der Waals surface area contributed by atoms with E-state index in [9.17, 15) is 4.79 Å². The lowest BCUT2D eigenvalue weighted by molar-refractivity contribution is 0.0358. The van der Waals surface area contributed by atoms with Gasteiger partial charge in [-0.05, 0) is 36.6 Å². The number of anilines is 2. The van der Waals surface area contributed by atoms with Crippen LogP contribution in [0.5, 0.6) is 5.75 Å². The molecule has 1 saturated heterocycles. The molecule has 0 atom stereocenters. The van der Waals surface area contributed by atoms with Crippen molar-refractivity contribution in [2.75, 3.05) is 50.1 Å². The van der Waals surface area contributed by atoms with Gasteiger partial charge in [0.2, 0.25) is 0 Å². The van der Waals surface area contributed by atoms with Crippen molar-refractivity contribution >= 4 is 23.2 Å². The number of fused-ring (bicyclic) bond motifs is 1. The molecule has 2 amide bonds. The number of nitrogens with zero attached hydrogens (tertiary/aromatic N) is 5. The van der Waals surface area contributed by atoms with E-state index in [0.717, 1.165) is 44.8 Å². The number of hydrogen-bond acceptors (Lipinski definition) is 8. The second-order valence-corrected chi connectivity index (χ2v) is 10.5. The molecule has 4 aromatic rings. The second-order valence-electron chi connectivity index (χ2n) is 10.5. The number of ether oxygens (including phenoxy) is 2. The summed E-state index contributed by atoms with van der Waals surface area (Å²) in [7, 11) is 0. The van der Waals surface area contributed by atoms with Crippen LogP contribution in [0.2, 0.25) is 0 Å². The topological polar surface area (TPSA) is 119 Å². The second kappa shape index (κ2) is 14.5. The molecule has 1 fully saturated rings. The van der Waals surface area contributed by atoms with Crippen LogP contribution < -0.4 is 15.4 Å². The Morgan fingerprint density at radius 3 is 2.52 bits per heavy atom. The van der Waals surface area contributed by atoms with Crippen LogP contribution in [0.3, 0.4) is 0 Å². The zero-order valence-corrected chi connectivity index (χ0v) is 24.9. The molecule has 3 aromatic heterocycles. The number of morpholine rings is 1. The van der Waals surface area contributed by atoms with Gasteiger partial charge in [0.15, 0.2) is 11.5 Å². The lowest BCUT2D eigenvalue weighted by atomic mass is 9.93. The average Bonchev–Trinajstić information content (AvgIpc) is 3.63. The molecule has 11 heteroatoms. The molecule has 1 aromatic carbocycles. The van der Waals surface area contributed by atoms with Gasteiger partial charge in [-0.1, -0.05) is 45.7 Å². The number of aromatic nitrogens is 4. The highest BCUT2D eigenvalue weighted by atomic mass is 16.5. The Morgan fingerprint density at radius 2 is 1.81 bits per heavy atom. The Morgan fingerprint density at radius 1 is 1.05 bits per heavy atom. The number of benzene rings is 1. The maximum Gasteiger partial charge on any atom is 0.324 e. The first-order chi connectivity index (χ1) is 20.3. The zero-order chi connectivity index (χ0) is 30.0. The zero-order valence-electron chi connectivity index (χ0n) is 24.9. The molecule has 0 spiro atoms. The van der Waals surface area contributed by atoms with Gasteiger partial charge in [0, 0.05) is 48.4 Å². The van der Waals surface area contributed by atoms with Gasteiger partial charge in [-0.25, -0.2) is 14.3 Å². The van der Waals surface area contributed by atoms with Crippen LogP contribution in [0.1, 0.15) is 58.1 Å². The number of urea groups is 1. The predicted molar refractivity (Wildman–Crippen MR) is 162 cm³/mol. The van der Waals surface area contributed by atoms with Crippen molar-refractivity contribution in [3.05, 3.63) is 65.8 Å². The van der Waals surface area contributed by atoms with E-state index in [1.165, 1.54) is 0 Å². The minimum atomic E-state index is -0.412. The van der Waals surface area contributed by atoms with Gasteiger partial charge in [-0.2, -0.15) is 5.10 Å². The van der Waals surface area contributed by atoms with Crippen LogP contribution in [0.15, 0.2) is 53.3 Å². The number of amides is 2. The van der Waals surface area contributed by atoms with E-state index in [2.05, 4.69) is 42.6 Å². The third-order valence-electron chi connectivity index (χ3n) is 6.30. The van der Waals surface area contributed by atoms with Gasteiger partial charge in [0.05, 0.1) is 32.2 Å². The summed E-state index contributed by atoms with van der Waals surface area (Å²) < 4.78 is 18.2. The number of hydrogen-bond donors (Lipinski definition) is 2. The minimum absolute atomic E-state index is 0.194. The molecule has 0 radical (unpaired) electrons. The standard InChI is InChI=1S/C29H33N7O4.C2H6/c1-29(2,3)25-18-26(34-40-25)33-28(37)32-22-8-5-21(6-9-22)7-10-23-19-30-27-17-24(20-31-36(23)27)39-14-4-11-35-12-15-38-16-13-35;1-2/h5-6,8-9,17-20H,4,11-16H2,1-3H3,(H2,32,33,34,37);1-2H3. The average molecular weight is 574 g/mol. The lowest BCUT2D eigenvalue weighted by Crippen LogP contribution is -2.37. The summed E-state index contributed by atoms with van der Waals surface area (Å²) in [6, 6.07) is 10.4. The highest BCUT2D eigenvalue weighted by Crippen LogP contribution is 2.24. The fraction of sp³-hybridized carbons (Fsp3) is 0.419. The molecular weight excluding hydrogens is 534 g/mol. The van der Waals surface area contributed by atoms with Crippen LogP contribution in [0, 0.1) is 11.8 Å². The van der Waals surface area contributed by atoms with E-state index in [4.69, 9.17) is 14.0 Å². The van der Waals surface area contributed by atoms with E-state index in [1.54, 1.807) is 35.1 Å². The van der Waals surface area contributed by atoms with E-state index in [-0.39, 0.29) is 5.41 Å². The van der Waals surface area contributed by atoms with Gasteiger partial charge in [-0.3, -0.25) is 10.2 Å². The molecule has 0 bridgehead atoms. The molecule has 1 aliphatic rings. The van der Waals surface area contributed by atoms with Crippen molar-refractivity contribution in [3.63, 3.8) is 0 Å². The maximum atomic E-state index is 12.3. The molecule has 0 aliphatic carbocycles. The SMILES string of the molecule is CC.CC(C)(C)c1cc(NC(=O)Nc2ccc(C#Cc3cnc4cc(OCCCN5CCOCC5)cnn34)cc2)no1. The Bertz CT molecular complexity index is 1500. The molecule has 42 heavy (non-hydrogen) atoms. The van der Waals surface area contributed by atoms with Crippen LogP contribution in [-0.2, 0) is 10.2 Å². The summed E-state index contributed by atoms with van der Waals surface area (Å²) in [5, 5.41) is 13.8. The normalized spacial score (nSPS) is 13.5. The van der Waals surface area contributed by atoms with Crippen molar-refractivity contribution in [1.82, 2.24) is 24.7 Å². The van der Waals surface area contributed by atoms with Crippen LogP contribution in [0.4, 0.5) is 16.3 Å². The third kappa shape index (κ3) is 8.55. The van der Waals surface area contributed by atoms with E-state index in [1.807, 2.05) is 52.8 Å². The van der Waals surface area contributed by atoms with Crippen molar-refractivity contribution in [2.45, 2.75) is 46.5 Å². The third-order valence-corrected chi connectivity index (χ3v) is 6.30. The van der Waals surface area contributed by atoms with Gasteiger partial charge >= 0.3 is 6.03 Å². The van der Waals surface area contributed by atoms with Gasteiger partial charge < -0.3 is 19.3 Å². The number of nitrogens with one attached hydrogen (secondary N) is 2. The first-order valence-electron chi connectivity index (χ1n) is 14.3. The summed E-state index contributed by atoms with van der Waals surface area (Å²) in [5.74, 6) is 7.96. The van der Waals surface area contributed by atoms with Crippen molar-refractivity contribution in [1.29, 1.82) is 0 Å². The number of imidazole rings is 1. The summed E-state index contributed by atoms with van der Waals surface area (Å²) in [4.78, 5) is 19.1. The highest BCUT2D eigenvalue weighted by Gasteiger charge is 2.20. The Hall–Kier alpha value is -4.40. The van der Waals surface area contributed by atoms with E-state index in [0.29, 0.717) is 41.0 Å². The summed E-state index contributed by atoms with van der Waals surface area (Å²) in [5.41, 5.74) is 2.55. The molecule has 222 valence electrons. The number of carbonyl (C=O) groups excluding carboxylic acids is 1. The van der Waals surface area contributed by atoms with Crippen LogP contribution in [-0.4, -0.2) is 70.1 Å². The summed E-state index contributed by atoms with van der Waals surface area (Å²) in [6.07, 6.45) is 4.31. The van der Waals surface area contributed by atoms with Crippen molar-refractivity contribution in [3.8, 4) is 17.6 Å². The lowest BCUT2D eigenvalue weighted by Gasteiger charge is -2.26. The molecule has 4 heterocycles. The minimum Gasteiger partial charge on any atom is -0.492 e. The monoisotopic (exact) mass is 573 g/mol. The van der Waals surface area contributed by atoms with Crippen molar-refractivity contribution in [2.24, 2.45) is 0 Å². The first kappa shape index (κ1) is 30.6. The number of carbonyl (C=O) groups is 1. The molecule has 1 aliphatic heterocycles. The van der Waals surface area contributed by atoms with Crippen molar-refractivity contribution < 1.29 is 18.8 Å². The van der Waals surface area contributed by atoms with Gasteiger partial charge in [0.1, 0.15) is 17.2 Å². The summed E-state index contributed by atoms with van der Waals surface area (Å²) in [6.45, 7) is 15.2. The van der Waals surface area contributed by atoms with E-state index < -0.39 is 6.03 Å². The largest absolute Gasteiger partial charge is 0.492 e. The van der Waals surface area contributed by atoms with Gasteiger partial charge in [0.25, 0.3) is 0 Å². The fourth-order valence-electron chi connectivity index (χ4n) is 4.07. The van der Waals surface area contributed by atoms with Crippen LogP contribution in [0.25, 0.3) is 5.65 Å². The smallest absolute Gasteiger partial charge is 0.324 e. The predicted octanol–water partition coefficient (Wildman–Crippen LogP) is 5.19. The quantitative estimate of drug-likeness (QED) is 0.229. The highest BCUT2D eigenvalue weighted by molar-refractivity contribution is 5.99. The Kier molecular flexibility index (Phi) is 10.5. The summed E-state index contributed by atoms with van der Waals surface area (Å²) >= 11 is 0. The van der Waals surface area contributed by atoms with Gasteiger partial charge in [-0.15, -0.1) is 0 Å². The van der Waals surface area contributed by atoms with Crippen LogP contribution >= 0.6 is 0 Å². The van der Waals surface area contributed by atoms with E-state index >= 15 is 0 Å². The molecule has 11 nitrogen and oxygen atoms in total. The Balaban J connectivity index is 0.00000198. The molecular formula is C31H39N7O4. The molecule has 5 rings (SSSR count). The fourth-order valence-corrected chi connectivity index (χ4v) is 4.07. The molecule has 2 N–H and O–H groups in total. The maximum absolute atomic E-state index is 12.3. The molecule has 0 unspecified atom stereocenters. The first-order valence-corrected chi connectivity index (χ1v) is 14.3.